The van der Waals surface area contributed by atoms with Crippen molar-refractivity contribution in [1.82, 2.24) is 24.5 Å². The molecule has 0 spiro atoms. The molecule has 2 aliphatic heterocycles. The number of hydrogen-bond donors (Lipinski definition) is 1. The summed E-state index contributed by atoms with van der Waals surface area (Å²) in [5, 5.41) is 0.710. The van der Waals surface area contributed by atoms with Crippen molar-refractivity contribution in [3.63, 3.8) is 0 Å². The lowest BCUT2D eigenvalue weighted by Crippen LogP contribution is -2.51. The zero-order valence-electron chi connectivity index (χ0n) is 21.0. The number of hydrogen-bond acceptors (Lipinski definition) is 7. The van der Waals surface area contributed by atoms with Gasteiger partial charge in [0.1, 0.15) is 18.6 Å². The Labute approximate surface area is 218 Å². The standard InChI is InChI=1S/C25H34ClN5O4S/c1-17-14-19(4-5-22(17)26)15-35-24-18(2)23(27-16-28-24)25(32)31-12-8-21(9-13-31)30-10-6-20(7-11-30)29-36(3,33)34/h4-5,14,16,20-21,29H,6-13,15H2,1-3H3. The number of sulfonamides is 1. The molecule has 0 radical (unpaired) electrons. The number of aryl methyl sites for hydroxylation is 1. The minimum Gasteiger partial charge on any atom is -0.473 e. The van der Waals surface area contributed by atoms with Gasteiger partial charge in [0.25, 0.3) is 5.91 Å². The Morgan fingerprint density at radius 2 is 1.81 bits per heavy atom. The van der Waals surface area contributed by atoms with Gasteiger partial charge in [-0.2, -0.15) is 0 Å². The second-order valence-electron chi connectivity index (χ2n) is 9.75. The van der Waals surface area contributed by atoms with E-state index in [1.54, 1.807) is 0 Å². The summed E-state index contributed by atoms with van der Waals surface area (Å²) in [5.41, 5.74) is 2.96. The number of likely N-dealkylation sites (tertiary alicyclic amines) is 2. The number of nitrogens with zero attached hydrogens (tertiary/aromatic N) is 4. The Hall–Kier alpha value is -2.27. The Kier molecular flexibility index (Phi) is 8.49. The highest BCUT2D eigenvalue weighted by Crippen LogP contribution is 2.25. The zero-order valence-corrected chi connectivity index (χ0v) is 22.6. The van der Waals surface area contributed by atoms with E-state index in [0.717, 1.165) is 49.9 Å². The summed E-state index contributed by atoms with van der Waals surface area (Å²) in [6.07, 6.45) is 5.99. The van der Waals surface area contributed by atoms with E-state index >= 15 is 0 Å². The predicted molar refractivity (Wildman–Crippen MR) is 139 cm³/mol. The molecule has 9 nitrogen and oxygen atoms in total. The number of carbonyl (C=O) groups is 1. The third-order valence-electron chi connectivity index (χ3n) is 7.02. The Morgan fingerprint density at radius 1 is 1.11 bits per heavy atom. The molecular weight excluding hydrogens is 502 g/mol. The maximum atomic E-state index is 13.3. The fraction of sp³-hybridized carbons (Fsp3) is 0.560. The first-order valence-electron chi connectivity index (χ1n) is 12.3. The Morgan fingerprint density at radius 3 is 2.44 bits per heavy atom. The number of halogens is 1. The van der Waals surface area contributed by atoms with Crippen molar-refractivity contribution in [2.45, 2.75) is 58.2 Å². The second kappa shape index (κ2) is 11.4. The predicted octanol–water partition coefficient (Wildman–Crippen LogP) is 2.94. The molecule has 2 aliphatic rings. The third kappa shape index (κ3) is 6.73. The van der Waals surface area contributed by atoms with E-state index in [-0.39, 0.29) is 11.9 Å². The van der Waals surface area contributed by atoms with Crippen LogP contribution < -0.4 is 9.46 Å². The maximum Gasteiger partial charge on any atom is 0.272 e. The van der Waals surface area contributed by atoms with Crippen LogP contribution in [0.1, 0.15) is 52.9 Å². The van der Waals surface area contributed by atoms with E-state index < -0.39 is 10.0 Å². The van der Waals surface area contributed by atoms with Gasteiger partial charge in [-0.05, 0) is 69.8 Å². The molecule has 1 N–H and O–H groups in total. The molecule has 1 aromatic heterocycles. The van der Waals surface area contributed by atoms with Crippen LogP contribution in [0.15, 0.2) is 24.5 Å². The van der Waals surface area contributed by atoms with E-state index in [4.69, 9.17) is 16.3 Å². The van der Waals surface area contributed by atoms with Gasteiger partial charge < -0.3 is 14.5 Å². The van der Waals surface area contributed by atoms with Crippen LogP contribution in [0.3, 0.4) is 0 Å². The van der Waals surface area contributed by atoms with E-state index in [1.165, 1.54) is 12.6 Å². The van der Waals surface area contributed by atoms with Gasteiger partial charge in [-0.3, -0.25) is 4.79 Å². The van der Waals surface area contributed by atoms with Gasteiger partial charge in [0.15, 0.2) is 0 Å². The molecule has 1 aromatic carbocycles. The minimum atomic E-state index is -3.17. The average molecular weight is 536 g/mol. The SMILES string of the molecule is Cc1cc(COc2ncnc(C(=O)N3CCC(N4CCC(NS(C)(=O)=O)CC4)CC3)c2C)ccc1Cl. The molecule has 1 amide bonds. The number of carbonyl (C=O) groups excluding carboxylic acids is 1. The normalized spacial score (nSPS) is 18.4. The van der Waals surface area contributed by atoms with Crippen molar-refractivity contribution >= 4 is 27.5 Å². The molecule has 2 aromatic rings. The number of amides is 1. The molecule has 3 heterocycles. The average Bonchev–Trinajstić information content (AvgIpc) is 2.85. The van der Waals surface area contributed by atoms with Crippen molar-refractivity contribution in [2.24, 2.45) is 0 Å². The van der Waals surface area contributed by atoms with E-state index in [2.05, 4.69) is 19.6 Å². The number of piperidine rings is 2. The van der Waals surface area contributed by atoms with Gasteiger partial charge >= 0.3 is 0 Å². The molecule has 0 bridgehead atoms. The molecule has 196 valence electrons. The Balaban J connectivity index is 1.31. The highest BCUT2D eigenvalue weighted by Gasteiger charge is 2.31. The lowest BCUT2D eigenvalue weighted by molar-refractivity contribution is 0.0570. The molecule has 0 atom stereocenters. The van der Waals surface area contributed by atoms with Crippen molar-refractivity contribution < 1.29 is 17.9 Å². The zero-order chi connectivity index (χ0) is 25.9. The summed E-state index contributed by atoms with van der Waals surface area (Å²) < 4.78 is 31.6. The molecule has 36 heavy (non-hydrogen) atoms. The summed E-state index contributed by atoms with van der Waals surface area (Å²) in [7, 11) is -3.17. The molecule has 2 saturated heterocycles. The largest absolute Gasteiger partial charge is 0.473 e. The van der Waals surface area contributed by atoms with Gasteiger partial charge in [-0.1, -0.05) is 23.7 Å². The summed E-state index contributed by atoms with van der Waals surface area (Å²) >= 11 is 6.10. The maximum absolute atomic E-state index is 13.3. The van der Waals surface area contributed by atoms with E-state index in [9.17, 15) is 13.2 Å². The van der Waals surface area contributed by atoms with Crippen LogP contribution in [0.25, 0.3) is 0 Å². The fourth-order valence-corrected chi connectivity index (χ4v) is 5.97. The number of rotatable bonds is 7. The molecule has 0 aliphatic carbocycles. The first-order chi connectivity index (χ1) is 17.1. The molecule has 4 rings (SSSR count). The van der Waals surface area contributed by atoms with Crippen molar-refractivity contribution in [1.29, 1.82) is 0 Å². The molecule has 2 fully saturated rings. The number of ether oxygens (including phenoxy) is 1. The highest BCUT2D eigenvalue weighted by molar-refractivity contribution is 7.88. The van der Waals surface area contributed by atoms with Crippen LogP contribution >= 0.6 is 11.6 Å². The minimum absolute atomic E-state index is 0.0128. The van der Waals surface area contributed by atoms with Gasteiger partial charge in [0, 0.05) is 35.8 Å². The monoisotopic (exact) mass is 535 g/mol. The number of benzene rings is 1. The van der Waals surface area contributed by atoms with Crippen LogP contribution in [-0.2, 0) is 16.6 Å². The summed E-state index contributed by atoms with van der Waals surface area (Å²) in [6.45, 7) is 7.14. The van der Waals surface area contributed by atoms with Gasteiger partial charge in [0.2, 0.25) is 15.9 Å². The molecular formula is C25H34ClN5O4S. The van der Waals surface area contributed by atoms with Crippen LogP contribution in [0.5, 0.6) is 5.88 Å². The van der Waals surface area contributed by atoms with Crippen molar-refractivity contribution in [3.8, 4) is 5.88 Å². The Bertz CT molecular complexity index is 1190. The van der Waals surface area contributed by atoms with E-state index in [1.807, 2.05) is 36.9 Å². The smallest absolute Gasteiger partial charge is 0.272 e. The number of nitrogens with one attached hydrogen (secondary N) is 1. The van der Waals surface area contributed by atoms with Crippen molar-refractivity contribution in [2.75, 3.05) is 32.4 Å². The summed E-state index contributed by atoms with van der Waals surface area (Å²) in [6, 6.07) is 6.14. The summed E-state index contributed by atoms with van der Waals surface area (Å²) in [5.74, 6) is 0.304. The second-order valence-corrected chi connectivity index (χ2v) is 11.9. The van der Waals surface area contributed by atoms with Crippen LogP contribution in [0.2, 0.25) is 5.02 Å². The van der Waals surface area contributed by atoms with Gasteiger partial charge in [0.05, 0.1) is 6.26 Å². The van der Waals surface area contributed by atoms with Crippen LogP contribution in [-0.4, -0.2) is 78.6 Å². The molecule has 11 heteroatoms. The first-order valence-corrected chi connectivity index (χ1v) is 14.6. The van der Waals surface area contributed by atoms with Gasteiger partial charge in [-0.15, -0.1) is 0 Å². The lowest BCUT2D eigenvalue weighted by Gasteiger charge is -2.41. The third-order valence-corrected chi connectivity index (χ3v) is 8.20. The topological polar surface area (TPSA) is 105 Å². The first kappa shape index (κ1) is 26.8. The van der Waals surface area contributed by atoms with Crippen LogP contribution in [0, 0.1) is 13.8 Å². The van der Waals surface area contributed by atoms with Crippen LogP contribution in [0.4, 0.5) is 0 Å². The quantitative estimate of drug-likeness (QED) is 0.581. The number of aromatic nitrogens is 2. The van der Waals surface area contributed by atoms with Crippen molar-refractivity contribution in [3.05, 3.63) is 51.9 Å². The lowest BCUT2D eigenvalue weighted by atomic mass is 9.98. The molecule has 0 unspecified atom stereocenters. The van der Waals surface area contributed by atoms with Gasteiger partial charge in [-0.25, -0.2) is 23.1 Å². The highest BCUT2D eigenvalue weighted by atomic mass is 35.5. The summed E-state index contributed by atoms with van der Waals surface area (Å²) in [4.78, 5) is 26.1. The molecule has 0 saturated carbocycles. The fourth-order valence-electron chi connectivity index (χ4n) is 5.01. The van der Waals surface area contributed by atoms with E-state index in [0.29, 0.717) is 47.9 Å².